The van der Waals surface area contributed by atoms with Crippen molar-refractivity contribution < 1.29 is 17.6 Å². The van der Waals surface area contributed by atoms with Gasteiger partial charge in [0.1, 0.15) is 5.52 Å². The SMILES string of the molecule is C[C@@H](c1cnc2oc3c(N4CCOCC4)nc(Cl)nc3c2c1)N1CCS(=O)(=O)CC1. The van der Waals surface area contributed by atoms with Gasteiger partial charge in [-0.1, -0.05) is 0 Å². The maximum absolute atomic E-state index is 11.7. The van der Waals surface area contributed by atoms with Gasteiger partial charge in [-0.15, -0.1) is 0 Å². The average molecular weight is 452 g/mol. The first-order valence-corrected chi connectivity index (χ1v) is 12.1. The molecule has 0 unspecified atom stereocenters. The molecule has 3 aromatic heterocycles. The van der Waals surface area contributed by atoms with Gasteiger partial charge in [-0.3, -0.25) is 4.90 Å². The molecule has 3 aromatic rings. The molecular weight excluding hydrogens is 430 g/mol. The zero-order chi connectivity index (χ0) is 20.9. The number of anilines is 1. The van der Waals surface area contributed by atoms with Crippen molar-refractivity contribution in [2.75, 3.05) is 55.8 Å². The van der Waals surface area contributed by atoms with Crippen LogP contribution < -0.4 is 4.90 Å². The van der Waals surface area contributed by atoms with Crippen molar-refractivity contribution in [1.29, 1.82) is 0 Å². The lowest BCUT2D eigenvalue weighted by Gasteiger charge is -2.32. The first-order valence-electron chi connectivity index (χ1n) is 9.94. The van der Waals surface area contributed by atoms with Crippen LogP contribution in [-0.2, 0) is 14.6 Å². The molecule has 2 aliphatic heterocycles. The number of aromatic nitrogens is 3. The largest absolute Gasteiger partial charge is 0.432 e. The number of rotatable bonds is 3. The lowest BCUT2D eigenvalue weighted by molar-refractivity contribution is 0.122. The van der Waals surface area contributed by atoms with E-state index in [2.05, 4.69) is 31.7 Å². The molecule has 0 aliphatic carbocycles. The first-order chi connectivity index (χ1) is 14.4. The Morgan fingerprint density at radius 1 is 1.13 bits per heavy atom. The van der Waals surface area contributed by atoms with Crippen molar-refractivity contribution in [1.82, 2.24) is 19.9 Å². The third-order valence-corrected chi connectivity index (χ3v) is 7.64. The Morgan fingerprint density at radius 3 is 2.60 bits per heavy atom. The Morgan fingerprint density at radius 2 is 1.87 bits per heavy atom. The van der Waals surface area contributed by atoms with Crippen molar-refractivity contribution in [2.24, 2.45) is 0 Å². The van der Waals surface area contributed by atoms with Crippen LogP contribution in [0.2, 0.25) is 5.28 Å². The van der Waals surface area contributed by atoms with E-state index in [1.54, 1.807) is 6.20 Å². The van der Waals surface area contributed by atoms with Crippen LogP contribution in [0.15, 0.2) is 16.7 Å². The summed E-state index contributed by atoms with van der Waals surface area (Å²) >= 11 is 6.24. The Kier molecular flexibility index (Phi) is 5.04. The Bertz CT molecular complexity index is 1190. The minimum Gasteiger partial charge on any atom is -0.432 e. The van der Waals surface area contributed by atoms with E-state index in [0.717, 1.165) is 10.9 Å². The topological polar surface area (TPSA) is 102 Å². The fourth-order valence-corrected chi connectivity index (χ4v) is 5.44. The average Bonchev–Trinajstić information content (AvgIpc) is 3.11. The van der Waals surface area contributed by atoms with Gasteiger partial charge in [-0.05, 0) is 30.2 Å². The number of nitrogens with zero attached hydrogens (tertiary/aromatic N) is 5. The highest BCUT2D eigenvalue weighted by Gasteiger charge is 2.27. The number of hydrogen-bond acceptors (Lipinski definition) is 9. The number of halogens is 1. The number of morpholine rings is 1. The molecule has 0 bridgehead atoms. The number of fused-ring (bicyclic) bond motifs is 3. The van der Waals surface area contributed by atoms with E-state index in [-0.39, 0.29) is 22.8 Å². The second-order valence-electron chi connectivity index (χ2n) is 7.68. The summed E-state index contributed by atoms with van der Waals surface area (Å²) in [6.45, 7) is 5.74. The van der Waals surface area contributed by atoms with Crippen LogP contribution in [0.1, 0.15) is 18.5 Å². The van der Waals surface area contributed by atoms with Crippen molar-refractivity contribution >= 4 is 49.5 Å². The van der Waals surface area contributed by atoms with Crippen LogP contribution in [0.25, 0.3) is 22.2 Å². The molecule has 30 heavy (non-hydrogen) atoms. The van der Waals surface area contributed by atoms with Gasteiger partial charge < -0.3 is 14.1 Å². The predicted molar refractivity (Wildman–Crippen MR) is 114 cm³/mol. The van der Waals surface area contributed by atoms with Gasteiger partial charge in [0.15, 0.2) is 21.2 Å². The number of furan rings is 1. The molecule has 0 N–H and O–H groups in total. The minimum atomic E-state index is -2.92. The fraction of sp³-hybridized carbons (Fsp3) is 0.526. The third-order valence-electron chi connectivity index (χ3n) is 5.87. The molecule has 11 heteroatoms. The van der Waals surface area contributed by atoms with E-state index in [4.69, 9.17) is 20.8 Å². The predicted octanol–water partition coefficient (Wildman–Crippen LogP) is 2.05. The van der Waals surface area contributed by atoms with Crippen LogP contribution in [0.5, 0.6) is 0 Å². The van der Waals surface area contributed by atoms with Crippen LogP contribution in [0.4, 0.5) is 5.82 Å². The van der Waals surface area contributed by atoms with E-state index in [9.17, 15) is 8.42 Å². The molecule has 160 valence electrons. The van der Waals surface area contributed by atoms with Crippen molar-refractivity contribution in [3.63, 3.8) is 0 Å². The van der Waals surface area contributed by atoms with Gasteiger partial charge in [-0.25, -0.2) is 18.4 Å². The summed E-state index contributed by atoms with van der Waals surface area (Å²) in [5.41, 5.74) is 2.66. The quantitative estimate of drug-likeness (QED) is 0.553. The molecule has 0 saturated carbocycles. The maximum atomic E-state index is 11.7. The van der Waals surface area contributed by atoms with Crippen LogP contribution in [0.3, 0.4) is 0 Å². The highest BCUT2D eigenvalue weighted by atomic mass is 35.5. The molecule has 0 amide bonds. The molecule has 1 atom stereocenters. The lowest BCUT2D eigenvalue weighted by atomic mass is 10.1. The Hall–Kier alpha value is -2.01. The maximum Gasteiger partial charge on any atom is 0.229 e. The zero-order valence-corrected chi connectivity index (χ0v) is 18.1. The van der Waals surface area contributed by atoms with Crippen LogP contribution >= 0.6 is 11.6 Å². The molecular formula is C19H22ClN5O4S. The van der Waals surface area contributed by atoms with Crippen LogP contribution in [0, 0.1) is 0 Å². The summed E-state index contributed by atoms with van der Waals surface area (Å²) < 4.78 is 35.0. The fourth-order valence-electron chi connectivity index (χ4n) is 4.05. The first kappa shape index (κ1) is 19.9. The van der Waals surface area contributed by atoms with Gasteiger partial charge in [0.2, 0.25) is 11.0 Å². The van der Waals surface area contributed by atoms with Gasteiger partial charge in [0, 0.05) is 38.4 Å². The highest BCUT2D eigenvalue weighted by molar-refractivity contribution is 7.91. The smallest absolute Gasteiger partial charge is 0.229 e. The van der Waals surface area contributed by atoms with E-state index >= 15 is 0 Å². The lowest BCUT2D eigenvalue weighted by Crippen LogP contribution is -2.41. The van der Waals surface area contributed by atoms with E-state index in [1.807, 2.05) is 6.07 Å². The summed E-state index contributed by atoms with van der Waals surface area (Å²) in [6.07, 6.45) is 1.78. The van der Waals surface area contributed by atoms with E-state index < -0.39 is 9.84 Å². The highest BCUT2D eigenvalue weighted by Crippen LogP contribution is 2.35. The van der Waals surface area contributed by atoms with E-state index in [0.29, 0.717) is 62.0 Å². The Labute approximate surface area is 178 Å². The summed E-state index contributed by atoms with van der Waals surface area (Å²) in [4.78, 5) is 17.6. The van der Waals surface area contributed by atoms with Gasteiger partial charge in [0.25, 0.3) is 0 Å². The monoisotopic (exact) mass is 451 g/mol. The number of ether oxygens (including phenoxy) is 1. The molecule has 0 radical (unpaired) electrons. The summed E-state index contributed by atoms with van der Waals surface area (Å²) in [5.74, 6) is 1.03. The second kappa shape index (κ2) is 7.60. The van der Waals surface area contributed by atoms with Gasteiger partial charge in [0.05, 0.1) is 30.1 Å². The second-order valence-corrected chi connectivity index (χ2v) is 10.3. The number of sulfone groups is 1. The normalized spacial score (nSPS) is 21.3. The number of hydrogen-bond donors (Lipinski definition) is 0. The molecule has 0 spiro atoms. The van der Waals surface area contributed by atoms with Crippen molar-refractivity contribution in [3.8, 4) is 0 Å². The summed E-state index contributed by atoms with van der Waals surface area (Å²) in [5, 5.41) is 0.934. The molecule has 9 nitrogen and oxygen atoms in total. The summed E-state index contributed by atoms with van der Waals surface area (Å²) in [6, 6.07) is 2.03. The Balaban J connectivity index is 1.54. The van der Waals surface area contributed by atoms with Crippen molar-refractivity contribution in [2.45, 2.75) is 13.0 Å². The molecule has 5 rings (SSSR count). The zero-order valence-electron chi connectivity index (χ0n) is 16.5. The van der Waals surface area contributed by atoms with Crippen molar-refractivity contribution in [3.05, 3.63) is 23.1 Å². The molecule has 2 fully saturated rings. The van der Waals surface area contributed by atoms with E-state index in [1.165, 1.54) is 0 Å². The van der Waals surface area contributed by atoms with Gasteiger partial charge in [-0.2, -0.15) is 4.98 Å². The minimum absolute atomic E-state index is 0.0263. The third kappa shape index (κ3) is 3.62. The standard InChI is InChI=1S/C19H22ClN5O4S/c1-12(24-4-8-30(26,27)9-5-24)13-10-14-15-16(29-18(14)21-11-13)17(23-19(20)22-15)25-2-6-28-7-3-25/h10-12H,2-9H2,1H3/t12-/m0/s1. The molecule has 0 aromatic carbocycles. The van der Waals surface area contributed by atoms with Gasteiger partial charge >= 0.3 is 0 Å². The molecule has 2 saturated heterocycles. The summed E-state index contributed by atoms with van der Waals surface area (Å²) in [7, 11) is -2.92. The molecule has 2 aliphatic rings. The molecule has 5 heterocycles. The number of pyridine rings is 1. The van der Waals surface area contributed by atoms with Crippen LogP contribution in [-0.4, -0.2) is 79.2 Å².